The van der Waals surface area contributed by atoms with Crippen molar-refractivity contribution in [3.05, 3.63) is 30.1 Å². The molecule has 0 amide bonds. The minimum atomic E-state index is 0.0806. The number of hydrogen-bond acceptors (Lipinski definition) is 4. The molecule has 1 N–H and O–H groups in total. The van der Waals surface area contributed by atoms with Crippen LogP contribution in [0.25, 0.3) is 0 Å². The molecule has 0 bridgehead atoms. The van der Waals surface area contributed by atoms with E-state index in [1.807, 2.05) is 18.3 Å². The van der Waals surface area contributed by atoms with Gasteiger partial charge in [0, 0.05) is 30.6 Å². The monoisotopic (exact) mass is 262 g/mol. The van der Waals surface area contributed by atoms with E-state index < -0.39 is 0 Å². The Bertz CT molecular complexity index is 369. The fraction of sp³-hybridized carbons (Fsp3) is 0.600. The first-order valence-corrected chi connectivity index (χ1v) is 6.95. The summed E-state index contributed by atoms with van der Waals surface area (Å²) in [5.41, 5.74) is 4.36. The molecule has 0 fully saturated rings. The maximum Gasteiger partial charge on any atom is 0.0581 e. The maximum atomic E-state index is 4.34. The zero-order valence-corrected chi connectivity index (χ0v) is 12.6. The van der Waals surface area contributed by atoms with Crippen LogP contribution in [0, 0.1) is 5.41 Å². The molecule has 0 aliphatic rings. The van der Waals surface area contributed by atoms with Crippen LogP contribution in [0.15, 0.2) is 29.6 Å². The number of hydrazone groups is 1. The number of nitrogens with zero attached hydrogens (tertiary/aromatic N) is 3. The summed E-state index contributed by atoms with van der Waals surface area (Å²) in [6.45, 7) is 12.7. The molecule has 0 atom stereocenters. The van der Waals surface area contributed by atoms with E-state index in [2.05, 4.69) is 48.1 Å². The molecule has 1 aromatic heterocycles. The molecular formula is C15H26N4. The topological polar surface area (TPSA) is 40.5 Å². The molecule has 0 unspecified atom stereocenters. The third-order valence-corrected chi connectivity index (χ3v) is 3.06. The highest BCUT2D eigenvalue weighted by Gasteiger charge is 2.17. The quantitative estimate of drug-likeness (QED) is 0.578. The minimum Gasteiger partial charge on any atom is -0.306 e. The first-order chi connectivity index (χ1) is 9.07. The molecule has 4 heteroatoms. The lowest BCUT2D eigenvalue weighted by molar-refractivity contribution is 0.243. The van der Waals surface area contributed by atoms with E-state index in [1.54, 1.807) is 12.4 Å². The van der Waals surface area contributed by atoms with Gasteiger partial charge in [-0.25, -0.2) is 0 Å². The number of pyridine rings is 1. The number of rotatable bonds is 8. The zero-order valence-electron chi connectivity index (χ0n) is 12.6. The fourth-order valence-electron chi connectivity index (χ4n) is 1.92. The molecule has 0 aromatic carbocycles. The largest absolute Gasteiger partial charge is 0.306 e. The predicted molar refractivity (Wildman–Crippen MR) is 81.1 cm³/mol. The van der Waals surface area contributed by atoms with E-state index in [1.165, 1.54) is 5.56 Å². The Hall–Kier alpha value is -1.42. The molecule has 0 radical (unpaired) electrons. The third kappa shape index (κ3) is 6.34. The zero-order chi connectivity index (χ0) is 14.1. The highest BCUT2D eigenvalue weighted by Crippen LogP contribution is 2.13. The van der Waals surface area contributed by atoms with Crippen molar-refractivity contribution in [3.63, 3.8) is 0 Å². The molecule has 0 saturated carbocycles. The van der Waals surface area contributed by atoms with Crippen molar-refractivity contribution in [1.29, 1.82) is 0 Å². The summed E-state index contributed by atoms with van der Waals surface area (Å²) in [7, 11) is 0. The smallest absolute Gasteiger partial charge is 0.0581 e. The van der Waals surface area contributed by atoms with Crippen LogP contribution >= 0.6 is 0 Å². The predicted octanol–water partition coefficient (Wildman–Crippen LogP) is 2.53. The standard InChI is InChI=1S/C15H26N4/c1-5-19(6-2)13-15(3,4)12-18-17-11-14-7-9-16-10-8-14/h7-10,12,17H,5-6,11,13H2,1-4H3. The van der Waals surface area contributed by atoms with Crippen molar-refractivity contribution in [3.8, 4) is 0 Å². The summed E-state index contributed by atoms with van der Waals surface area (Å²) < 4.78 is 0. The summed E-state index contributed by atoms with van der Waals surface area (Å²) >= 11 is 0. The molecular weight excluding hydrogens is 236 g/mol. The molecule has 0 aliphatic carbocycles. The van der Waals surface area contributed by atoms with Crippen LogP contribution in [0.3, 0.4) is 0 Å². The van der Waals surface area contributed by atoms with E-state index in [0.29, 0.717) is 0 Å². The van der Waals surface area contributed by atoms with Crippen LogP contribution in [-0.2, 0) is 6.54 Å². The first-order valence-electron chi connectivity index (χ1n) is 6.95. The summed E-state index contributed by atoms with van der Waals surface area (Å²) in [6, 6.07) is 3.98. The van der Waals surface area contributed by atoms with Gasteiger partial charge >= 0.3 is 0 Å². The fourth-order valence-corrected chi connectivity index (χ4v) is 1.92. The van der Waals surface area contributed by atoms with Crippen LogP contribution in [0.2, 0.25) is 0 Å². The highest BCUT2D eigenvalue weighted by atomic mass is 15.3. The van der Waals surface area contributed by atoms with Gasteiger partial charge in [-0.15, -0.1) is 0 Å². The molecule has 0 saturated heterocycles. The van der Waals surface area contributed by atoms with Gasteiger partial charge in [0.2, 0.25) is 0 Å². The molecule has 1 aromatic rings. The van der Waals surface area contributed by atoms with Crippen LogP contribution in [-0.4, -0.2) is 35.7 Å². The molecule has 0 aliphatic heterocycles. The number of aromatic nitrogens is 1. The lowest BCUT2D eigenvalue weighted by Gasteiger charge is -2.27. The second-order valence-corrected chi connectivity index (χ2v) is 5.40. The van der Waals surface area contributed by atoms with Gasteiger partial charge in [-0.3, -0.25) is 4.98 Å². The average Bonchev–Trinajstić information content (AvgIpc) is 2.42. The summed E-state index contributed by atoms with van der Waals surface area (Å²) in [6.07, 6.45) is 5.60. The van der Waals surface area contributed by atoms with E-state index >= 15 is 0 Å². The third-order valence-electron chi connectivity index (χ3n) is 3.06. The van der Waals surface area contributed by atoms with E-state index in [4.69, 9.17) is 0 Å². The second kappa shape index (κ2) is 7.89. The molecule has 19 heavy (non-hydrogen) atoms. The Morgan fingerprint density at radius 1 is 1.26 bits per heavy atom. The van der Waals surface area contributed by atoms with Crippen molar-refractivity contribution in [2.75, 3.05) is 19.6 Å². The number of nitrogens with one attached hydrogen (secondary N) is 1. The van der Waals surface area contributed by atoms with Crippen molar-refractivity contribution in [2.24, 2.45) is 10.5 Å². The minimum absolute atomic E-state index is 0.0806. The Labute approximate surface area is 116 Å². The Kier molecular flexibility index (Phi) is 6.50. The van der Waals surface area contributed by atoms with Crippen molar-refractivity contribution < 1.29 is 0 Å². The van der Waals surface area contributed by atoms with Gasteiger partial charge in [-0.1, -0.05) is 27.7 Å². The second-order valence-electron chi connectivity index (χ2n) is 5.40. The summed E-state index contributed by atoms with van der Waals surface area (Å²) in [5, 5.41) is 4.34. The molecule has 4 nitrogen and oxygen atoms in total. The Morgan fingerprint density at radius 2 is 1.89 bits per heavy atom. The van der Waals surface area contributed by atoms with Crippen LogP contribution in [0.4, 0.5) is 0 Å². The van der Waals surface area contributed by atoms with Gasteiger partial charge in [0.15, 0.2) is 0 Å². The van der Waals surface area contributed by atoms with Gasteiger partial charge in [-0.05, 0) is 30.8 Å². The van der Waals surface area contributed by atoms with Crippen LogP contribution in [0.1, 0.15) is 33.3 Å². The number of hydrogen-bond donors (Lipinski definition) is 1. The highest BCUT2D eigenvalue weighted by molar-refractivity contribution is 5.64. The van der Waals surface area contributed by atoms with Gasteiger partial charge < -0.3 is 10.3 Å². The van der Waals surface area contributed by atoms with Crippen molar-refractivity contribution in [2.45, 2.75) is 34.2 Å². The van der Waals surface area contributed by atoms with Crippen LogP contribution < -0.4 is 5.43 Å². The lowest BCUT2D eigenvalue weighted by Crippen LogP contribution is -2.35. The van der Waals surface area contributed by atoms with Crippen molar-refractivity contribution in [1.82, 2.24) is 15.3 Å². The van der Waals surface area contributed by atoms with E-state index in [9.17, 15) is 0 Å². The van der Waals surface area contributed by atoms with Gasteiger partial charge in [0.05, 0.1) is 6.54 Å². The molecule has 106 valence electrons. The Balaban J connectivity index is 2.38. The van der Waals surface area contributed by atoms with E-state index in [-0.39, 0.29) is 5.41 Å². The van der Waals surface area contributed by atoms with Gasteiger partial charge in [0.25, 0.3) is 0 Å². The average molecular weight is 262 g/mol. The first kappa shape index (κ1) is 15.6. The van der Waals surface area contributed by atoms with Gasteiger partial charge in [-0.2, -0.15) is 5.10 Å². The van der Waals surface area contributed by atoms with Crippen LogP contribution in [0.5, 0.6) is 0 Å². The maximum absolute atomic E-state index is 4.34. The normalized spacial score (nSPS) is 12.3. The summed E-state index contributed by atoms with van der Waals surface area (Å²) in [5.74, 6) is 0. The van der Waals surface area contributed by atoms with Crippen molar-refractivity contribution >= 4 is 6.21 Å². The molecule has 0 spiro atoms. The SMILES string of the molecule is CCN(CC)CC(C)(C)C=NNCc1ccncc1. The van der Waals surface area contributed by atoms with Gasteiger partial charge in [0.1, 0.15) is 0 Å². The van der Waals surface area contributed by atoms with E-state index in [0.717, 1.165) is 26.2 Å². The molecule has 1 heterocycles. The Morgan fingerprint density at radius 3 is 2.47 bits per heavy atom. The molecule has 1 rings (SSSR count). The summed E-state index contributed by atoms with van der Waals surface area (Å²) in [4.78, 5) is 6.40. The lowest BCUT2D eigenvalue weighted by atomic mass is 9.94.